The molecule has 0 saturated carbocycles. The molecule has 5 heteroatoms. The van der Waals surface area contributed by atoms with Crippen LogP contribution in [0.1, 0.15) is 37.8 Å². The van der Waals surface area contributed by atoms with E-state index in [0.29, 0.717) is 27.7 Å². The van der Waals surface area contributed by atoms with Gasteiger partial charge in [0.15, 0.2) is 5.60 Å². The van der Waals surface area contributed by atoms with Crippen LogP contribution in [-0.2, 0) is 20.0 Å². The van der Waals surface area contributed by atoms with Crippen molar-refractivity contribution in [2.75, 3.05) is 4.43 Å². The van der Waals surface area contributed by atoms with Gasteiger partial charge in [0, 0.05) is 21.1 Å². The summed E-state index contributed by atoms with van der Waals surface area (Å²) < 4.78 is 6.42. The van der Waals surface area contributed by atoms with Crippen molar-refractivity contribution in [2.45, 2.75) is 37.9 Å². The van der Waals surface area contributed by atoms with Gasteiger partial charge < -0.3 is 4.74 Å². The Morgan fingerprint density at radius 3 is 2.76 bits per heavy atom. The van der Waals surface area contributed by atoms with Crippen LogP contribution in [0.25, 0.3) is 5.76 Å². The van der Waals surface area contributed by atoms with Crippen molar-refractivity contribution in [3.63, 3.8) is 0 Å². The first-order chi connectivity index (χ1) is 9.95. The number of carbonyl (C=O) groups excluding carboxylic acids is 1. The molecule has 2 aliphatic rings. The Labute approximate surface area is 137 Å². The first kappa shape index (κ1) is 15.0. The van der Waals surface area contributed by atoms with Crippen molar-refractivity contribution >= 4 is 34.1 Å². The fraction of sp³-hybridized carbons (Fsp3) is 0.438. The molecule has 0 bridgehead atoms. The van der Waals surface area contributed by atoms with E-state index in [1.165, 1.54) is 0 Å². The molecule has 3 rings (SSSR count). The molecule has 1 aromatic rings. The summed E-state index contributed by atoms with van der Waals surface area (Å²) in [5.74, 6) is 0.452. The third kappa shape index (κ3) is 2.13. The average Bonchev–Trinajstić information content (AvgIpc) is 2.48. The molecule has 1 aliphatic heterocycles. The quantitative estimate of drug-likeness (QED) is 0.356. The Balaban J connectivity index is 2.26. The Morgan fingerprint density at radius 1 is 1.38 bits per heavy atom. The summed E-state index contributed by atoms with van der Waals surface area (Å²) >= 11 is 2.07. The van der Waals surface area contributed by atoms with Gasteiger partial charge in [-0.2, -0.15) is 0 Å². The molecule has 0 saturated heterocycles. The van der Waals surface area contributed by atoms with Crippen LogP contribution in [0.2, 0.25) is 0 Å². The number of Topliss-reactive ketones (excluding diaryl/α,β-unsaturated/α-hetero) is 1. The Bertz CT molecular complexity index is 629. The zero-order valence-electron chi connectivity index (χ0n) is 12.0. The fourth-order valence-electron chi connectivity index (χ4n) is 3.01. The van der Waals surface area contributed by atoms with Crippen LogP contribution in [0.3, 0.4) is 0 Å². The summed E-state index contributed by atoms with van der Waals surface area (Å²) in [7, 11) is 0. The second-order valence-corrected chi connectivity index (χ2v) is 6.86. The van der Waals surface area contributed by atoms with Gasteiger partial charge in [-0.25, -0.2) is 4.89 Å². The summed E-state index contributed by atoms with van der Waals surface area (Å²) in [5, 5.41) is 9.46. The number of alkyl halides is 1. The van der Waals surface area contributed by atoms with Crippen LogP contribution >= 0.6 is 22.6 Å². The molecule has 0 spiro atoms. The zero-order valence-corrected chi connectivity index (χ0v) is 14.1. The van der Waals surface area contributed by atoms with Gasteiger partial charge >= 0.3 is 0 Å². The summed E-state index contributed by atoms with van der Waals surface area (Å²) in [4.78, 5) is 17.6. The highest BCUT2D eigenvalue weighted by molar-refractivity contribution is 14.1. The second-order valence-electron chi connectivity index (χ2n) is 6.10. The number of halogens is 1. The number of carbonyl (C=O) groups is 1. The zero-order chi connectivity index (χ0) is 15.3. The summed E-state index contributed by atoms with van der Waals surface area (Å²) in [6.07, 6.45) is 1.40. The number of ketones is 1. The van der Waals surface area contributed by atoms with Gasteiger partial charge in [0.05, 0.1) is 0 Å². The van der Waals surface area contributed by atoms with Gasteiger partial charge in [-0.3, -0.25) is 10.1 Å². The lowest BCUT2D eigenvalue weighted by atomic mass is 9.75. The van der Waals surface area contributed by atoms with E-state index in [0.717, 1.165) is 12.0 Å². The molecular weight excluding hydrogens is 383 g/mol. The van der Waals surface area contributed by atoms with Crippen molar-refractivity contribution in [2.24, 2.45) is 0 Å². The number of hydrogen-bond acceptors (Lipinski definition) is 4. The summed E-state index contributed by atoms with van der Waals surface area (Å²) in [5.41, 5.74) is 0.518. The van der Waals surface area contributed by atoms with Crippen LogP contribution in [0.5, 0.6) is 0 Å². The molecule has 112 valence electrons. The molecule has 0 fully saturated rings. The molecule has 21 heavy (non-hydrogen) atoms. The minimum atomic E-state index is -1.32. The average molecular weight is 400 g/mol. The molecule has 1 aromatic carbocycles. The molecule has 1 heterocycles. The highest BCUT2D eigenvalue weighted by atomic mass is 127. The lowest BCUT2D eigenvalue weighted by Gasteiger charge is -2.41. The number of benzene rings is 1. The lowest BCUT2D eigenvalue weighted by Crippen LogP contribution is -2.46. The molecule has 1 atom stereocenters. The molecular formula is C16H17IO4. The van der Waals surface area contributed by atoms with Crippen molar-refractivity contribution in [3.8, 4) is 0 Å². The smallest absolute Gasteiger partial charge is 0.203 e. The topological polar surface area (TPSA) is 55.8 Å². The van der Waals surface area contributed by atoms with Crippen molar-refractivity contribution in [1.29, 1.82) is 0 Å². The minimum Gasteiger partial charge on any atom is -0.487 e. The molecule has 1 unspecified atom stereocenters. The van der Waals surface area contributed by atoms with Crippen LogP contribution in [0, 0.1) is 0 Å². The molecule has 4 nitrogen and oxygen atoms in total. The Morgan fingerprint density at radius 2 is 2.10 bits per heavy atom. The molecule has 1 aliphatic carbocycles. The van der Waals surface area contributed by atoms with E-state index in [1.54, 1.807) is 0 Å². The Kier molecular flexibility index (Phi) is 3.62. The van der Waals surface area contributed by atoms with Crippen LogP contribution in [0.4, 0.5) is 0 Å². The van der Waals surface area contributed by atoms with E-state index in [1.807, 2.05) is 38.1 Å². The van der Waals surface area contributed by atoms with Crippen LogP contribution in [0.15, 0.2) is 29.8 Å². The molecule has 0 radical (unpaired) electrons. The van der Waals surface area contributed by atoms with E-state index in [-0.39, 0.29) is 11.4 Å². The summed E-state index contributed by atoms with van der Waals surface area (Å²) in [6, 6.07) is 7.47. The van der Waals surface area contributed by atoms with Crippen molar-refractivity contribution < 1.29 is 19.7 Å². The maximum atomic E-state index is 12.9. The highest BCUT2D eigenvalue weighted by Crippen LogP contribution is 2.47. The number of ether oxygens (including phenoxy) is 1. The SMILES string of the molecule is CC1(C)CCC2=C(O1)c1ccccc1C(CI)(OO)C2=O. The van der Waals surface area contributed by atoms with E-state index in [2.05, 4.69) is 22.6 Å². The summed E-state index contributed by atoms with van der Waals surface area (Å²) in [6.45, 7) is 4.04. The third-order valence-electron chi connectivity index (χ3n) is 4.22. The predicted octanol–water partition coefficient (Wildman–Crippen LogP) is 3.69. The maximum Gasteiger partial charge on any atom is 0.203 e. The second kappa shape index (κ2) is 5.07. The van der Waals surface area contributed by atoms with Crippen molar-refractivity contribution in [1.82, 2.24) is 0 Å². The van der Waals surface area contributed by atoms with Gasteiger partial charge in [0.2, 0.25) is 5.78 Å². The third-order valence-corrected chi connectivity index (χ3v) is 5.30. The maximum absolute atomic E-state index is 12.9. The minimum absolute atomic E-state index is 0.191. The van der Waals surface area contributed by atoms with Crippen molar-refractivity contribution in [3.05, 3.63) is 41.0 Å². The first-order valence-corrected chi connectivity index (χ1v) is 8.43. The fourth-order valence-corrected chi connectivity index (χ4v) is 3.91. The number of hydrogen-bond donors (Lipinski definition) is 1. The lowest BCUT2D eigenvalue weighted by molar-refractivity contribution is -0.308. The molecule has 0 aromatic heterocycles. The van der Waals surface area contributed by atoms with E-state index in [4.69, 9.17) is 9.62 Å². The standard InChI is InChI=1S/C16H17IO4/c1-15(2)8-7-11-13(20-15)10-5-3-4-6-12(10)16(9-17,21-19)14(11)18/h3-6,19H,7-9H2,1-2H3. The molecule has 0 amide bonds. The largest absolute Gasteiger partial charge is 0.487 e. The van der Waals surface area contributed by atoms with Crippen LogP contribution < -0.4 is 0 Å². The number of fused-ring (bicyclic) bond motifs is 2. The van der Waals surface area contributed by atoms with Gasteiger partial charge in [-0.05, 0) is 26.7 Å². The van der Waals surface area contributed by atoms with Gasteiger partial charge in [-0.1, -0.05) is 46.9 Å². The highest BCUT2D eigenvalue weighted by Gasteiger charge is 2.51. The normalized spacial score (nSPS) is 27.0. The van der Waals surface area contributed by atoms with Crippen LogP contribution in [-0.4, -0.2) is 21.1 Å². The van der Waals surface area contributed by atoms with Gasteiger partial charge in [0.25, 0.3) is 0 Å². The van der Waals surface area contributed by atoms with E-state index in [9.17, 15) is 10.1 Å². The van der Waals surface area contributed by atoms with Gasteiger partial charge in [0.1, 0.15) is 11.4 Å². The van der Waals surface area contributed by atoms with E-state index < -0.39 is 5.60 Å². The predicted molar refractivity (Wildman–Crippen MR) is 87.0 cm³/mol. The first-order valence-electron chi connectivity index (χ1n) is 6.90. The van der Waals surface area contributed by atoms with Gasteiger partial charge in [-0.15, -0.1) is 0 Å². The molecule has 1 N–H and O–H groups in total. The Hall–Kier alpha value is -0.920. The monoisotopic (exact) mass is 400 g/mol. The number of rotatable bonds is 2. The van der Waals surface area contributed by atoms with E-state index >= 15 is 0 Å².